The van der Waals surface area contributed by atoms with Crippen LogP contribution < -0.4 is 10.9 Å². The number of aromatic nitrogens is 1. The maximum atomic E-state index is 11.5. The molecule has 0 saturated carbocycles. The van der Waals surface area contributed by atoms with Crippen LogP contribution >= 0.6 is 0 Å². The molecule has 2 N–H and O–H groups in total. The highest BCUT2D eigenvalue weighted by atomic mass is 16.5. The number of rotatable bonds is 6. The molecule has 1 aromatic heterocycles. The Balaban J connectivity index is 1.67. The Morgan fingerprint density at radius 1 is 1.12 bits per heavy atom. The van der Waals surface area contributed by atoms with Gasteiger partial charge in [-0.25, -0.2) is 4.98 Å². The van der Waals surface area contributed by atoms with E-state index in [9.17, 15) is 4.79 Å². The second kappa shape index (κ2) is 7.32. The topological polar surface area (TPSA) is 76.4 Å². The van der Waals surface area contributed by atoms with Gasteiger partial charge in [-0.05, 0) is 35.9 Å². The zero-order valence-corrected chi connectivity index (χ0v) is 13.2. The molecule has 24 heavy (non-hydrogen) atoms. The average Bonchev–Trinajstić information content (AvgIpc) is 3.16. The van der Waals surface area contributed by atoms with Crippen LogP contribution in [0.2, 0.25) is 0 Å². The largest absolute Gasteiger partial charge is 0.469 e. The molecule has 6 heteroatoms. The number of hydrogen-bond donors (Lipinski definition) is 2. The Hall–Kier alpha value is -3.28. The van der Waals surface area contributed by atoms with Crippen LogP contribution in [0.25, 0.3) is 11.3 Å². The highest BCUT2D eigenvalue weighted by molar-refractivity contribution is 5.75. The molecule has 0 saturated heterocycles. The number of hydrazine groups is 1. The van der Waals surface area contributed by atoms with Gasteiger partial charge in [0.2, 0.25) is 0 Å². The number of carbonyl (C=O) groups is 1. The maximum Gasteiger partial charge on any atom is 0.310 e. The molecule has 3 rings (SSSR count). The zero-order valence-electron chi connectivity index (χ0n) is 13.2. The zero-order chi connectivity index (χ0) is 16.8. The summed E-state index contributed by atoms with van der Waals surface area (Å²) in [7, 11) is 1.38. The molecule has 0 unspecified atom stereocenters. The third-order valence-corrected chi connectivity index (χ3v) is 3.52. The third kappa shape index (κ3) is 3.73. The summed E-state index contributed by atoms with van der Waals surface area (Å²) in [6, 6.07) is 15.3. The van der Waals surface area contributed by atoms with E-state index >= 15 is 0 Å². The van der Waals surface area contributed by atoms with Crippen LogP contribution in [-0.4, -0.2) is 18.1 Å². The highest BCUT2D eigenvalue weighted by Gasteiger charge is 2.07. The molecule has 0 radical (unpaired) electrons. The Morgan fingerprint density at radius 2 is 1.92 bits per heavy atom. The molecule has 122 valence electrons. The number of esters is 1. The molecule has 2 aromatic carbocycles. The van der Waals surface area contributed by atoms with Gasteiger partial charge in [0, 0.05) is 5.56 Å². The van der Waals surface area contributed by atoms with Crippen molar-refractivity contribution >= 4 is 17.3 Å². The first-order chi connectivity index (χ1) is 11.8. The standard InChI is InChI=1S/C18H17N3O3/c1-23-18(22)10-14-4-2-3-5-16(14)21-20-15-8-6-13(7-9-15)17-11-19-12-24-17/h2-9,11-12,20-21H,10H2,1H3. The summed E-state index contributed by atoms with van der Waals surface area (Å²) < 4.78 is 9.98. The smallest absolute Gasteiger partial charge is 0.310 e. The van der Waals surface area contributed by atoms with E-state index in [0.29, 0.717) is 0 Å². The summed E-state index contributed by atoms with van der Waals surface area (Å²) in [5, 5.41) is 0. The van der Waals surface area contributed by atoms with Crippen molar-refractivity contribution in [1.29, 1.82) is 0 Å². The Morgan fingerprint density at radius 3 is 2.62 bits per heavy atom. The summed E-state index contributed by atoms with van der Waals surface area (Å²) >= 11 is 0. The predicted octanol–water partition coefficient (Wildman–Crippen LogP) is 3.50. The molecule has 0 aliphatic heterocycles. The van der Waals surface area contributed by atoms with Gasteiger partial charge in [0.05, 0.1) is 31.1 Å². The summed E-state index contributed by atoms with van der Waals surface area (Å²) in [5.74, 6) is 0.443. The number of ether oxygens (including phenoxy) is 1. The van der Waals surface area contributed by atoms with Crippen LogP contribution in [0.5, 0.6) is 0 Å². The van der Waals surface area contributed by atoms with E-state index in [-0.39, 0.29) is 12.4 Å². The maximum absolute atomic E-state index is 11.5. The summed E-state index contributed by atoms with van der Waals surface area (Å²) in [5.41, 5.74) is 9.74. The van der Waals surface area contributed by atoms with Crippen molar-refractivity contribution < 1.29 is 13.9 Å². The number of oxazole rings is 1. The van der Waals surface area contributed by atoms with Crippen LogP contribution in [0.15, 0.2) is 65.5 Å². The monoisotopic (exact) mass is 323 g/mol. The minimum atomic E-state index is -0.277. The first-order valence-corrected chi connectivity index (χ1v) is 7.42. The van der Waals surface area contributed by atoms with Gasteiger partial charge in [0.25, 0.3) is 0 Å². The van der Waals surface area contributed by atoms with Crippen molar-refractivity contribution in [3.63, 3.8) is 0 Å². The number of carbonyl (C=O) groups excluding carboxylic acids is 1. The van der Waals surface area contributed by atoms with Gasteiger partial charge in [-0.2, -0.15) is 0 Å². The van der Waals surface area contributed by atoms with Crippen molar-refractivity contribution in [1.82, 2.24) is 4.98 Å². The van der Waals surface area contributed by atoms with Gasteiger partial charge >= 0.3 is 5.97 Å². The molecule has 0 aliphatic carbocycles. The minimum Gasteiger partial charge on any atom is -0.469 e. The molecule has 0 fully saturated rings. The Bertz CT molecular complexity index is 799. The van der Waals surface area contributed by atoms with E-state index in [1.807, 2.05) is 48.5 Å². The molecular formula is C18H17N3O3. The average molecular weight is 323 g/mol. The number of benzene rings is 2. The van der Waals surface area contributed by atoms with E-state index in [2.05, 4.69) is 15.8 Å². The van der Waals surface area contributed by atoms with Gasteiger partial charge < -0.3 is 20.0 Å². The number of hydrogen-bond acceptors (Lipinski definition) is 6. The van der Waals surface area contributed by atoms with Crippen molar-refractivity contribution in [2.24, 2.45) is 0 Å². The van der Waals surface area contributed by atoms with E-state index in [1.54, 1.807) is 6.20 Å². The van der Waals surface area contributed by atoms with Crippen LogP contribution in [-0.2, 0) is 16.0 Å². The lowest BCUT2D eigenvalue weighted by molar-refractivity contribution is -0.139. The van der Waals surface area contributed by atoms with Gasteiger partial charge in [-0.15, -0.1) is 0 Å². The summed E-state index contributed by atoms with van der Waals surface area (Å²) in [6.07, 6.45) is 3.29. The molecule has 3 aromatic rings. The van der Waals surface area contributed by atoms with Crippen molar-refractivity contribution in [3.05, 3.63) is 66.7 Å². The fourth-order valence-electron chi connectivity index (χ4n) is 2.24. The van der Waals surface area contributed by atoms with E-state index in [0.717, 1.165) is 28.3 Å². The molecule has 0 bridgehead atoms. The van der Waals surface area contributed by atoms with Gasteiger partial charge in [0.15, 0.2) is 12.2 Å². The van der Waals surface area contributed by atoms with Gasteiger partial charge in [-0.1, -0.05) is 18.2 Å². The molecule has 6 nitrogen and oxygen atoms in total. The summed E-state index contributed by atoms with van der Waals surface area (Å²) in [6.45, 7) is 0. The lowest BCUT2D eigenvalue weighted by Crippen LogP contribution is -2.12. The van der Waals surface area contributed by atoms with E-state index < -0.39 is 0 Å². The van der Waals surface area contributed by atoms with Crippen LogP contribution in [0.3, 0.4) is 0 Å². The quantitative estimate of drug-likeness (QED) is 0.534. The number of nitrogens with one attached hydrogen (secondary N) is 2. The molecule has 0 spiro atoms. The summed E-state index contributed by atoms with van der Waals surface area (Å²) in [4.78, 5) is 15.4. The second-order valence-electron chi connectivity index (χ2n) is 5.10. The molecule has 0 atom stereocenters. The van der Waals surface area contributed by atoms with Crippen LogP contribution in [0.4, 0.5) is 11.4 Å². The first kappa shape index (κ1) is 15.6. The van der Waals surface area contributed by atoms with Crippen molar-refractivity contribution in [2.45, 2.75) is 6.42 Å². The first-order valence-electron chi connectivity index (χ1n) is 7.42. The number of methoxy groups -OCH3 is 1. The van der Waals surface area contributed by atoms with Gasteiger partial charge in [0.1, 0.15) is 0 Å². The number of nitrogens with zero attached hydrogens (tertiary/aromatic N) is 1. The third-order valence-electron chi connectivity index (χ3n) is 3.52. The molecule has 0 aliphatic rings. The van der Waals surface area contributed by atoms with E-state index in [4.69, 9.17) is 9.15 Å². The second-order valence-corrected chi connectivity index (χ2v) is 5.10. The van der Waals surface area contributed by atoms with Crippen molar-refractivity contribution in [3.8, 4) is 11.3 Å². The fraction of sp³-hybridized carbons (Fsp3) is 0.111. The van der Waals surface area contributed by atoms with Crippen molar-refractivity contribution in [2.75, 3.05) is 18.0 Å². The lowest BCUT2D eigenvalue weighted by atomic mass is 10.1. The van der Waals surface area contributed by atoms with Crippen LogP contribution in [0.1, 0.15) is 5.56 Å². The minimum absolute atomic E-state index is 0.214. The number of anilines is 2. The van der Waals surface area contributed by atoms with Crippen LogP contribution in [0, 0.1) is 0 Å². The molecule has 0 amide bonds. The number of para-hydroxylation sites is 1. The van der Waals surface area contributed by atoms with E-state index in [1.165, 1.54) is 13.5 Å². The van der Waals surface area contributed by atoms with Gasteiger partial charge in [-0.3, -0.25) is 4.79 Å². The molecule has 1 heterocycles. The fourth-order valence-corrected chi connectivity index (χ4v) is 2.24. The Kier molecular flexibility index (Phi) is 4.76. The lowest BCUT2D eigenvalue weighted by Gasteiger charge is -2.13. The predicted molar refractivity (Wildman–Crippen MR) is 91.3 cm³/mol. The molecular weight excluding hydrogens is 306 g/mol. The SMILES string of the molecule is COC(=O)Cc1ccccc1NNc1ccc(-c2cnco2)cc1. The highest BCUT2D eigenvalue weighted by Crippen LogP contribution is 2.21. The normalized spacial score (nSPS) is 10.2. The Labute approximate surface area is 139 Å².